The fourth-order valence-electron chi connectivity index (χ4n) is 3.52. The van der Waals surface area contributed by atoms with Gasteiger partial charge in [-0.15, -0.1) is 0 Å². The third-order valence-corrected chi connectivity index (χ3v) is 4.85. The lowest BCUT2D eigenvalue weighted by atomic mass is 10.0. The third kappa shape index (κ3) is 4.69. The normalized spacial score (nSPS) is 18.8. The smallest absolute Gasteiger partial charge is 0.0714 e. The minimum absolute atomic E-state index is 0.329. The van der Waals surface area contributed by atoms with Crippen molar-refractivity contribution in [3.63, 3.8) is 0 Å². The second-order valence-electron chi connectivity index (χ2n) is 7.35. The Kier molecular flexibility index (Phi) is 5.89. The molecule has 0 unspecified atom stereocenters. The lowest BCUT2D eigenvalue weighted by molar-refractivity contribution is -0.0370. The van der Waals surface area contributed by atoms with Gasteiger partial charge in [0.15, 0.2) is 0 Å². The minimum Gasteiger partial charge on any atom is -0.376 e. The zero-order chi connectivity index (χ0) is 17.8. The van der Waals surface area contributed by atoms with Gasteiger partial charge in [-0.2, -0.15) is 5.10 Å². The molecule has 0 spiro atoms. The molecule has 2 heterocycles. The van der Waals surface area contributed by atoms with Gasteiger partial charge in [0.25, 0.3) is 0 Å². The first kappa shape index (κ1) is 18.1. The number of hydrogen-bond donors (Lipinski definition) is 0. The van der Waals surface area contributed by atoms with E-state index in [1.807, 2.05) is 23.1 Å². The highest BCUT2D eigenvalue weighted by Crippen LogP contribution is 2.23. The number of benzene rings is 1. The molecule has 0 saturated carbocycles. The molecule has 136 valence electrons. The summed E-state index contributed by atoms with van der Waals surface area (Å²) < 4.78 is 7.95. The van der Waals surface area contributed by atoms with Crippen molar-refractivity contribution in [1.29, 1.82) is 0 Å². The minimum atomic E-state index is 0.329. The first-order chi connectivity index (χ1) is 12.0. The Morgan fingerprint density at radius 1 is 1.28 bits per heavy atom. The number of hydrogen-bond acceptors (Lipinski definition) is 4. The molecule has 1 aliphatic rings. The summed E-state index contributed by atoms with van der Waals surface area (Å²) in [5, 5.41) is 4.45. The van der Waals surface area contributed by atoms with E-state index < -0.39 is 0 Å². The van der Waals surface area contributed by atoms with Gasteiger partial charge in [-0.25, -0.2) is 4.68 Å². The van der Waals surface area contributed by atoms with Crippen molar-refractivity contribution in [2.45, 2.75) is 32.9 Å². The summed E-state index contributed by atoms with van der Waals surface area (Å²) in [6, 6.07) is 6.49. The SMILES string of the molecule is Cc1cc(C)c(CN2CCO[C@@H](CCN(C)C)C2)c(-n2cccn2)c1. The van der Waals surface area contributed by atoms with E-state index in [2.05, 4.69) is 55.0 Å². The summed E-state index contributed by atoms with van der Waals surface area (Å²) in [7, 11) is 4.24. The molecule has 1 aromatic carbocycles. The van der Waals surface area contributed by atoms with Crippen LogP contribution in [-0.2, 0) is 11.3 Å². The second-order valence-corrected chi connectivity index (χ2v) is 7.35. The van der Waals surface area contributed by atoms with E-state index >= 15 is 0 Å². The van der Waals surface area contributed by atoms with E-state index in [4.69, 9.17) is 4.74 Å². The zero-order valence-corrected chi connectivity index (χ0v) is 15.9. The Morgan fingerprint density at radius 3 is 2.84 bits per heavy atom. The summed E-state index contributed by atoms with van der Waals surface area (Å²) in [4.78, 5) is 4.75. The standard InChI is InChI=1S/C20H30N4O/c1-16-12-17(2)19(20(13-16)24-8-5-7-21-24)15-23-10-11-25-18(14-23)6-9-22(3)4/h5,7-8,12-13,18H,6,9-11,14-15H2,1-4H3/t18-/m0/s1. The lowest BCUT2D eigenvalue weighted by Crippen LogP contribution is -2.43. The molecule has 3 rings (SSSR count). The molecule has 5 nitrogen and oxygen atoms in total. The average molecular weight is 342 g/mol. The van der Waals surface area contributed by atoms with E-state index in [-0.39, 0.29) is 0 Å². The molecule has 0 N–H and O–H groups in total. The van der Waals surface area contributed by atoms with Crippen LogP contribution in [0, 0.1) is 13.8 Å². The van der Waals surface area contributed by atoms with Gasteiger partial charge in [-0.05, 0) is 63.2 Å². The molecule has 5 heteroatoms. The highest BCUT2D eigenvalue weighted by Gasteiger charge is 2.22. The number of morpholine rings is 1. The molecule has 1 aliphatic heterocycles. The quantitative estimate of drug-likeness (QED) is 0.808. The molecule has 1 aromatic heterocycles. The fourth-order valence-corrected chi connectivity index (χ4v) is 3.52. The molecule has 1 saturated heterocycles. The number of aryl methyl sites for hydroxylation is 2. The number of ether oxygens (including phenoxy) is 1. The number of rotatable bonds is 6. The Labute approximate surface area is 151 Å². The highest BCUT2D eigenvalue weighted by atomic mass is 16.5. The van der Waals surface area contributed by atoms with Crippen LogP contribution in [0.1, 0.15) is 23.1 Å². The van der Waals surface area contributed by atoms with Crippen LogP contribution in [0.25, 0.3) is 5.69 Å². The van der Waals surface area contributed by atoms with Gasteiger partial charge in [-0.3, -0.25) is 4.90 Å². The second kappa shape index (κ2) is 8.13. The van der Waals surface area contributed by atoms with Crippen LogP contribution >= 0.6 is 0 Å². The molecule has 25 heavy (non-hydrogen) atoms. The number of aromatic nitrogens is 2. The fraction of sp³-hybridized carbons (Fsp3) is 0.550. The van der Waals surface area contributed by atoms with Crippen molar-refractivity contribution >= 4 is 0 Å². The van der Waals surface area contributed by atoms with Crippen LogP contribution in [0.15, 0.2) is 30.6 Å². The van der Waals surface area contributed by atoms with Gasteiger partial charge in [0.2, 0.25) is 0 Å². The Bertz CT molecular complexity index is 681. The molecule has 0 bridgehead atoms. The molecular weight excluding hydrogens is 312 g/mol. The largest absolute Gasteiger partial charge is 0.376 e. The predicted molar refractivity (Wildman–Crippen MR) is 101 cm³/mol. The van der Waals surface area contributed by atoms with E-state index in [9.17, 15) is 0 Å². The van der Waals surface area contributed by atoms with Gasteiger partial charge in [0.1, 0.15) is 0 Å². The molecule has 0 radical (unpaired) electrons. The van der Waals surface area contributed by atoms with Crippen LogP contribution < -0.4 is 0 Å². The summed E-state index contributed by atoms with van der Waals surface area (Å²) in [6.45, 7) is 9.18. The van der Waals surface area contributed by atoms with E-state index in [1.165, 1.54) is 22.4 Å². The van der Waals surface area contributed by atoms with Crippen molar-refractivity contribution in [3.8, 4) is 5.69 Å². The molecular formula is C20H30N4O. The van der Waals surface area contributed by atoms with Crippen molar-refractivity contribution < 1.29 is 4.74 Å². The van der Waals surface area contributed by atoms with Gasteiger partial charge in [-0.1, -0.05) is 6.07 Å². The van der Waals surface area contributed by atoms with Crippen LogP contribution in [0.4, 0.5) is 0 Å². The Morgan fingerprint density at radius 2 is 2.12 bits per heavy atom. The first-order valence-corrected chi connectivity index (χ1v) is 9.12. The van der Waals surface area contributed by atoms with Gasteiger partial charge in [0.05, 0.1) is 18.4 Å². The van der Waals surface area contributed by atoms with Crippen LogP contribution in [-0.4, -0.2) is 66.0 Å². The van der Waals surface area contributed by atoms with Gasteiger partial charge < -0.3 is 9.64 Å². The lowest BCUT2D eigenvalue weighted by Gasteiger charge is -2.34. The average Bonchev–Trinajstić information content (AvgIpc) is 3.10. The summed E-state index contributed by atoms with van der Waals surface area (Å²) in [6.07, 6.45) is 5.28. The summed E-state index contributed by atoms with van der Waals surface area (Å²) in [5.74, 6) is 0. The predicted octanol–water partition coefficient (Wildman–Crippen LogP) is 2.64. The van der Waals surface area contributed by atoms with Crippen LogP contribution in [0.3, 0.4) is 0 Å². The molecule has 2 aromatic rings. The van der Waals surface area contributed by atoms with Crippen molar-refractivity contribution in [2.75, 3.05) is 40.3 Å². The summed E-state index contributed by atoms with van der Waals surface area (Å²) in [5.41, 5.74) is 5.17. The zero-order valence-electron chi connectivity index (χ0n) is 15.9. The van der Waals surface area contributed by atoms with Crippen LogP contribution in [0.5, 0.6) is 0 Å². The molecule has 1 fully saturated rings. The molecule has 0 aliphatic carbocycles. The number of nitrogens with zero attached hydrogens (tertiary/aromatic N) is 4. The maximum absolute atomic E-state index is 5.96. The van der Waals surface area contributed by atoms with E-state index in [0.717, 1.165) is 39.2 Å². The van der Waals surface area contributed by atoms with Crippen molar-refractivity contribution in [2.24, 2.45) is 0 Å². The van der Waals surface area contributed by atoms with E-state index in [0.29, 0.717) is 6.10 Å². The monoisotopic (exact) mass is 342 g/mol. The Balaban J connectivity index is 1.76. The van der Waals surface area contributed by atoms with E-state index in [1.54, 1.807) is 0 Å². The molecule has 0 amide bonds. The maximum Gasteiger partial charge on any atom is 0.0714 e. The van der Waals surface area contributed by atoms with Crippen molar-refractivity contribution in [1.82, 2.24) is 19.6 Å². The van der Waals surface area contributed by atoms with Crippen LogP contribution in [0.2, 0.25) is 0 Å². The maximum atomic E-state index is 5.96. The van der Waals surface area contributed by atoms with Crippen molar-refractivity contribution in [3.05, 3.63) is 47.3 Å². The first-order valence-electron chi connectivity index (χ1n) is 9.12. The summed E-state index contributed by atoms with van der Waals surface area (Å²) >= 11 is 0. The van der Waals surface area contributed by atoms with Gasteiger partial charge >= 0.3 is 0 Å². The third-order valence-electron chi connectivity index (χ3n) is 4.85. The highest BCUT2D eigenvalue weighted by molar-refractivity contribution is 5.48. The van der Waals surface area contributed by atoms with Gasteiger partial charge in [0, 0.05) is 38.6 Å². The molecule has 1 atom stereocenters. The topological polar surface area (TPSA) is 33.5 Å². The Hall–Kier alpha value is -1.69.